The van der Waals surface area contributed by atoms with Gasteiger partial charge >= 0.3 is 0 Å². The Balaban J connectivity index is 2.08. The fourth-order valence-electron chi connectivity index (χ4n) is 1.48. The summed E-state index contributed by atoms with van der Waals surface area (Å²) in [4.78, 5) is 11.7. The number of hydrogen-bond donors (Lipinski definition) is 0. The highest BCUT2D eigenvalue weighted by molar-refractivity contribution is 6.04. The maximum atomic E-state index is 12.6. The molecule has 1 aromatic carbocycles. The van der Waals surface area contributed by atoms with Gasteiger partial charge in [-0.15, -0.1) is 0 Å². The van der Waals surface area contributed by atoms with Crippen LogP contribution in [-0.2, 0) is 0 Å². The highest BCUT2D eigenvalue weighted by atomic mass is 19.1. The molecule has 0 saturated heterocycles. The lowest BCUT2D eigenvalue weighted by Gasteiger charge is -1.95. The summed E-state index contributed by atoms with van der Waals surface area (Å²) in [6.45, 7) is 0. The molecule has 0 unspecified atom stereocenters. The molecule has 0 atom stereocenters. The molecule has 1 aromatic rings. The van der Waals surface area contributed by atoms with E-state index in [0.29, 0.717) is 5.56 Å². The molecule has 0 fully saturated rings. The van der Waals surface area contributed by atoms with Gasteiger partial charge in [-0.3, -0.25) is 4.79 Å². The van der Waals surface area contributed by atoms with E-state index in [2.05, 4.69) is 0 Å². The monoisotopic (exact) mass is 214 g/mol. The topological polar surface area (TPSA) is 17.1 Å². The van der Waals surface area contributed by atoms with E-state index in [0.717, 1.165) is 12.0 Å². The number of benzene rings is 1. The number of carbonyl (C=O) groups excluding carboxylic acids is 1. The molecule has 2 rings (SSSR count). The van der Waals surface area contributed by atoms with Gasteiger partial charge in [-0.2, -0.15) is 0 Å². The van der Waals surface area contributed by atoms with Crippen molar-refractivity contribution in [3.8, 4) is 0 Å². The maximum Gasteiger partial charge on any atom is 0.185 e. The van der Waals surface area contributed by atoms with Gasteiger partial charge in [0.25, 0.3) is 0 Å². The summed E-state index contributed by atoms with van der Waals surface area (Å²) in [5.74, 6) is -0.442. The molecule has 0 bridgehead atoms. The third-order valence-electron chi connectivity index (χ3n) is 2.36. The van der Waals surface area contributed by atoms with E-state index in [1.54, 1.807) is 6.08 Å². The van der Waals surface area contributed by atoms with Crippen molar-refractivity contribution in [2.45, 2.75) is 6.42 Å². The first-order valence-electron chi connectivity index (χ1n) is 5.10. The summed E-state index contributed by atoms with van der Waals surface area (Å²) in [7, 11) is 0. The Hall–Kier alpha value is -1.96. The van der Waals surface area contributed by atoms with E-state index in [1.165, 1.54) is 30.3 Å². The van der Waals surface area contributed by atoms with Crippen LogP contribution in [0.25, 0.3) is 0 Å². The quantitative estimate of drug-likeness (QED) is 0.556. The SMILES string of the molecule is O=C(/C=C/C1=CCC=C1)c1ccc(F)cc1. The van der Waals surface area contributed by atoms with Crippen molar-refractivity contribution in [2.75, 3.05) is 0 Å². The van der Waals surface area contributed by atoms with Crippen LogP contribution in [0, 0.1) is 5.82 Å². The molecular formula is C14H11FO. The number of rotatable bonds is 3. The summed E-state index contributed by atoms with van der Waals surface area (Å²) in [6.07, 6.45) is 10.2. The molecular weight excluding hydrogens is 203 g/mol. The van der Waals surface area contributed by atoms with Crippen molar-refractivity contribution >= 4 is 5.78 Å². The summed E-state index contributed by atoms with van der Waals surface area (Å²) in [5, 5.41) is 0. The normalized spacial score (nSPS) is 14.4. The summed E-state index contributed by atoms with van der Waals surface area (Å²) < 4.78 is 12.6. The van der Waals surface area contributed by atoms with Gasteiger partial charge in [0.15, 0.2) is 5.78 Å². The van der Waals surface area contributed by atoms with Crippen LogP contribution in [0.1, 0.15) is 16.8 Å². The van der Waals surface area contributed by atoms with Gasteiger partial charge in [0.1, 0.15) is 5.82 Å². The van der Waals surface area contributed by atoms with Crippen molar-refractivity contribution in [1.82, 2.24) is 0 Å². The van der Waals surface area contributed by atoms with Crippen molar-refractivity contribution in [1.29, 1.82) is 0 Å². The molecule has 1 aliphatic rings. The molecule has 0 N–H and O–H groups in total. The number of halogens is 1. The number of ketones is 1. The van der Waals surface area contributed by atoms with Crippen molar-refractivity contribution in [3.05, 3.63) is 71.6 Å². The van der Waals surface area contributed by atoms with E-state index in [1.807, 2.05) is 18.2 Å². The maximum absolute atomic E-state index is 12.6. The standard InChI is InChI=1S/C14H11FO/c15-13-8-6-12(7-9-13)14(16)10-5-11-3-1-2-4-11/h1,3-10H,2H2/b10-5+. The third-order valence-corrected chi connectivity index (χ3v) is 2.36. The Kier molecular flexibility index (Phi) is 3.10. The second-order valence-electron chi connectivity index (χ2n) is 3.55. The molecule has 0 spiro atoms. The van der Waals surface area contributed by atoms with Gasteiger partial charge in [0.2, 0.25) is 0 Å². The van der Waals surface area contributed by atoms with Crippen molar-refractivity contribution in [2.24, 2.45) is 0 Å². The molecule has 2 heteroatoms. The minimum absolute atomic E-state index is 0.110. The average Bonchev–Trinajstić information content (AvgIpc) is 2.80. The first kappa shape index (κ1) is 10.6. The van der Waals surface area contributed by atoms with Gasteiger partial charge in [-0.25, -0.2) is 4.39 Å². The summed E-state index contributed by atoms with van der Waals surface area (Å²) in [5.41, 5.74) is 1.54. The molecule has 1 nitrogen and oxygen atoms in total. The second kappa shape index (κ2) is 4.71. The van der Waals surface area contributed by atoms with Gasteiger partial charge in [-0.1, -0.05) is 24.3 Å². The lowest BCUT2D eigenvalue weighted by Crippen LogP contribution is -1.93. The zero-order valence-electron chi connectivity index (χ0n) is 8.69. The highest BCUT2D eigenvalue weighted by Crippen LogP contribution is 2.11. The van der Waals surface area contributed by atoms with Crippen LogP contribution in [0.5, 0.6) is 0 Å². The van der Waals surface area contributed by atoms with Crippen LogP contribution in [0.4, 0.5) is 4.39 Å². The zero-order chi connectivity index (χ0) is 11.4. The summed E-state index contributed by atoms with van der Waals surface area (Å²) >= 11 is 0. The van der Waals surface area contributed by atoms with Crippen LogP contribution >= 0.6 is 0 Å². The minimum Gasteiger partial charge on any atom is -0.289 e. The van der Waals surface area contributed by atoms with Gasteiger partial charge < -0.3 is 0 Å². The van der Waals surface area contributed by atoms with Crippen molar-refractivity contribution < 1.29 is 9.18 Å². The Morgan fingerprint density at radius 2 is 2.00 bits per heavy atom. The lowest BCUT2D eigenvalue weighted by atomic mass is 10.1. The predicted molar refractivity (Wildman–Crippen MR) is 61.7 cm³/mol. The molecule has 0 aromatic heterocycles. The van der Waals surface area contributed by atoms with Gasteiger partial charge in [0, 0.05) is 5.56 Å². The van der Waals surface area contributed by atoms with Gasteiger partial charge in [-0.05, 0) is 42.3 Å². The molecule has 0 aliphatic heterocycles. The predicted octanol–water partition coefficient (Wildman–Crippen LogP) is 3.45. The molecule has 0 heterocycles. The molecule has 0 radical (unpaired) electrons. The Morgan fingerprint density at radius 1 is 1.25 bits per heavy atom. The third kappa shape index (κ3) is 2.54. The van der Waals surface area contributed by atoms with Crippen LogP contribution in [0.15, 0.2) is 60.2 Å². The van der Waals surface area contributed by atoms with Crippen molar-refractivity contribution in [3.63, 3.8) is 0 Å². The van der Waals surface area contributed by atoms with E-state index >= 15 is 0 Å². The smallest absolute Gasteiger partial charge is 0.185 e. The molecule has 0 saturated carbocycles. The Bertz CT molecular complexity index is 478. The fourth-order valence-corrected chi connectivity index (χ4v) is 1.48. The largest absolute Gasteiger partial charge is 0.289 e. The first-order valence-corrected chi connectivity index (χ1v) is 5.10. The Morgan fingerprint density at radius 3 is 2.62 bits per heavy atom. The molecule has 16 heavy (non-hydrogen) atoms. The van der Waals surface area contributed by atoms with Crippen LogP contribution < -0.4 is 0 Å². The minimum atomic E-state index is -0.332. The number of carbonyl (C=O) groups is 1. The second-order valence-corrected chi connectivity index (χ2v) is 3.55. The fraction of sp³-hybridized carbons (Fsp3) is 0.0714. The average molecular weight is 214 g/mol. The highest BCUT2D eigenvalue weighted by Gasteiger charge is 2.01. The number of hydrogen-bond acceptors (Lipinski definition) is 1. The van der Waals surface area contributed by atoms with E-state index in [9.17, 15) is 9.18 Å². The van der Waals surface area contributed by atoms with Crippen LogP contribution in [0.2, 0.25) is 0 Å². The van der Waals surface area contributed by atoms with E-state index in [4.69, 9.17) is 0 Å². The molecule has 0 amide bonds. The van der Waals surface area contributed by atoms with E-state index < -0.39 is 0 Å². The first-order chi connectivity index (χ1) is 7.75. The van der Waals surface area contributed by atoms with Gasteiger partial charge in [0.05, 0.1) is 0 Å². The van der Waals surface area contributed by atoms with E-state index in [-0.39, 0.29) is 11.6 Å². The zero-order valence-corrected chi connectivity index (χ0v) is 8.69. The lowest BCUT2D eigenvalue weighted by molar-refractivity contribution is 0.104. The van der Waals surface area contributed by atoms with Crippen LogP contribution in [-0.4, -0.2) is 5.78 Å². The summed E-state index contributed by atoms with van der Waals surface area (Å²) in [6, 6.07) is 5.55. The van der Waals surface area contributed by atoms with Crippen LogP contribution in [0.3, 0.4) is 0 Å². The Labute approximate surface area is 93.6 Å². The number of allylic oxidation sites excluding steroid dienone is 6. The molecule has 80 valence electrons. The molecule has 1 aliphatic carbocycles.